The second-order valence-corrected chi connectivity index (χ2v) is 6.86. The van der Waals surface area contributed by atoms with E-state index in [2.05, 4.69) is 5.32 Å². The van der Waals surface area contributed by atoms with Crippen molar-refractivity contribution in [3.63, 3.8) is 0 Å². The molecule has 0 aliphatic heterocycles. The number of carbonyl (C=O) groups is 2. The average molecular weight is 370 g/mol. The summed E-state index contributed by atoms with van der Waals surface area (Å²) in [5, 5.41) is 12.1. The molecule has 7 heteroatoms. The van der Waals surface area contributed by atoms with Gasteiger partial charge in [0, 0.05) is 4.88 Å². The Labute approximate surface area is 155 Å². The number of thiophene rings is 1. The summed E-state index contributed by atoms with van der Waals surface area (Å²) < 4.78 is 10.6. The van der Waals surface area contributed by atoms with E-state index in [1.165, 1.54) is 11.3 Å². The van der Waals surface area contributed by atoms with Crippen LogP contribution in [0.2, 0.25) is 0 Å². The van der Waals surface area contributed by atoms with Crippen molar-refractivity contribution in [1.82, 2.24) is 0 Å². The van der Waals surface area contributed by atoms with Crippen LogP contribution in [0.3, 0.4) is 0 Å². The highest BCUT2D eigenvalue weighted by atomic mass is 32.1. The summed E-state index contributed by atoms with van der Waals surface area (Å²) in [5.41, 5.74) is 2.00. The molecule has 2 aromatic rings. The maximum absolute atomic E-state index is 12.3. The first-order chi connectivity index (χ1) is 12.6. The van der Waals surface area contributed by atoms with E-state index in [4.69, 9.17) is 14.7 Å². The lowest BCUT2D eigenvalue weighted by atomic mass is 10.1. The van der Waals surface area contributed by atoms with Crippen molar-refractivity contribution in [1.29, 1.82) is 5.26 Å². The summed E-state index contributed by atoms with van der Waals surface area (Å²) in [6, 6.07) is 8.53. The summed E-state index contributed by atoms with van der Waals surface area (Å²) in [4.78, 5) is 25.7. The van der Waals surface area contributed by atoms with Gasteiger partial charge in [-0.3, -0.25) is 4.79 Å². The second kappa shape index (κ2) is 8.02. The fourth-order valence-electron chi connectivity index (χ4n) is 2.85. The molecule has 1 aliphatic carbocycles. The first-order valence-corrected chi connectivity index (χ1v) is 9.18. The second-order valence-electron chi connectivity index (χ2n) is 5.75. The van der Waals surface area contributed by atoms with Gasteiger partial charge in [-0.2, -0.15) is 5.26 Å². The van der Waals surface area contributed by atoms with Crippen molar-refractivity contribution in [2.24, 2.45) is 0 Å². The third kappa shape index (κ3) is 3.86. The zero-order chi connectivity index (χ0) is 18.5. The van der Waals surface area contributed by atoms with Crippen molar-refractivity contribution in [3.8, 4) is 11.8 Å². The van der Waals surface area contributed by atoms with Crippen LogP contribution in [0.4, 0.5) is 5.00 Å². The number of anilines is 1. The first kappa shape index (κ1) is 18.0. The topological polar surface area (TPSA) is 88.4 Å². The van der Waals surface area contributed by atoms with Crippen LogP contribution in [0.5, 0.6) is 5.75 Å². The molecule has 134 valence electrons. The largest absolute Gasteiger partial charge is 0.484 e. The van der Waals surface area contributed by atoms with E-state index in [9.17, 15) is 9.59 Å². The fraction of sp³-hybridized carbons (Fsp3) is 0.316. The maximum atomic E-state index is 12.3. The summed E-state index contributed by atoms with van der Waals surface area (Å²) >= 11 is 1.43. The normalized spacial score (nSPS) is 12.2. The Morgan fingerprint density at radius 2 is 2.04 bits per heavy atom. The van der Waals surface area contributed by atoms with Gasteiger partial charge < -0.3 is 14.8 Å². The number of aryl methyl sites for hydroxylation is 1. The Morgan fingerprint density at radius 1 is 1.27 bits per heavy atom. The Hall–Kier alpha value is -2.85. The standard InChI is InChI=1S/C19H18N2O4S/c1-2-24-19(23)17-14-4-3-5-15(14)26-18(17)21-16(22)11-25-13-8-6-12(10-20)7-9-13/h6-9H,2-5,11H2,1H3,(H,21,22). The number of amides is 1. The average Bonchev–Trinajstić information content (AvgIpc) is 3.21. The minimum absolute atomic E-state index is 0.184. The number of hydrogen-bond donors (Lipinski definition) is 1. The summed E-state index contributed by atoms with van der Waals surface area (Å²) in [5.74, 6) is -0.242. The van der Waals surface area contributed by atoms with E-state index in [1.54, 1.807) is 31.2 Å². The number of nitriles is 1. The number of nitrogens with zero attached hydrogens (tertiary/aromatic N) is 1. The third-order valence-electron chi connectivity index (χ3n) is 4.01. The number of carbonyl (C=O) groups excluding carboxylic acids is 2. The molecule has 26 heavy (non-hydrogen) atoms. The highest BCUT2D eigenvalue weighted by Gasteiger charge is 2.28. The molecule has 0 saturated carbocycles. The molecule has 0 atom stereocenters. The van der Waals surface area contributed by atoms with Crippen LogP contribution in [0.15, 0.2) is 24.3 Å². The van der Waals surface area contributed by atoms with E-state index in [0.29, 0.717) is 28.5 Å². The van der Waals surface area contributed by atoms with Crippen LogP contribution in [0, 0.1) is 11.3 Å². The smallest absolute Gasteiger partial charge is 0.341 e. The van der Waals surface area contributed by atoms with E-state index in [0.717, 1.165) is 29.7 Å². The van der Waals surface area contributed by atoms with Crippen LogP contribution >= 0.6 is 11.3 Å². The molecule has 1 aromatic carbocycles. The van der Waals surface area contributed by atoms with Gasteiger partial charge in [0.1, 0.15) is 10.8 Å². The van der Waals surface area contributed by atoms with Gasteiger partial charge in [-0.25, -0.2) is 4.79 Å². The SMILES string of the molecule is CCOC(=O)c1c(NC(=O)COc2ccc(C#N)cc2)sc2c1CCC2. The zero-order valence-electron chi connectivity index (χ0n) is 14.3. The monoisotopic (exact) mass is 370 g/mol. The van der Waals surface area contributed by atoms with Gasteiger partial charge in [0.25, 0.3) is 5.91 Å². The lowest BCUT2D eigenvalue weighted by molar-refractivity contribution is -0.118. The lowest BCUT2D eigenvalue weighted by Gasteiger charge is -2.09. The van der Waals surface area contributed by atoms with Gasteiger partial charge in [0.2, 0.25) is 0 Å². The molecule has 0 radical (unpaired) electrons. The number of benzene rings is 1. The molecule has 3 rings (SSSR count). The number of rotatable bonds is 6. The van der Waals surface area contributed by atoms with Gasteiger partial charge >= 0.3 is 5.97 Å². The number of nitrogens with one attached hydrogen (secondary N) is 1. The third-order valence-corrected chi connectivity index (χ3v) is 5.21. The minimum atomic E-state index is -0.393. The van der Waals surface area contributed by atoms with Crippen LogP contribution in [-0.2, 0) is 22.4 Å². The Kier molecular flexibility index (Phi) is 5.54. The molecule has 1 aromatic heterocycles. The van der Waals surface area contributed by atoms with Crippen LogP contribution in [0.1, 0.15) is 39.7 Å². The molecule has 1 aliphatic rings. The van der Waals surface area contributed by atoms with Gasteiger partial charge in [0.05, 0.1) is 23.8 Å². The molecule has 0 bridgehead atoms. The van der Waals surface area contributed by atoms with Crippen molar-refractivity contribution < 1.29 is 19.1 Å². The molecule has 0 saturated heterocycles. The lowest BCUT2D eigenvalue weighted by Crippen LogP contribution is -2.21. The predicted octanol–water partition coefficient (Wildman–Crippen LogP) is 3.30. The van der Waals surface area contributed by atoms with Crippen molar-refractivity contribution >= 4 is 28.2 Å². The Balaban J connectivity index is 1.67. The molecule has 0 spiro atoms. The van der Waals surface area contributed by atoms with Gasteiger partial charge in [-0.15, -0.1) is 11.3 Å². The van der Waals surface area contributed by atoms with E-state index in [-0.39, 0.29) is 12.5 Å². The van der Waals surface area contributed by atoms with E-state index < -0.39 is 5.97 Å². The molecule has 0 fully saturated rings. The summed E-state index contributed by atoms with van der Waals surface area (Å²) in [6.45, 7) is 1.86. The fourth-order valence-corrected chi connectivity index (χ4v) is 4.14. The number of esters is 1. The quantitative estimate of drug-likeness (QED) is 0.788. The number of fused-ring (bicyclic) bond motifs is 1. The Morgan fingerprint density at radius 3 is 2.73 bits per heavy atom. The van der Waals surface area contributed by atoms with Gasteiger partial charge in [-0.1, -0.05) is 0 Å². The van der Waals surface area contributed by atoms with Crippen molar-refractivity contribution in [2.75, 3.05) is 18.5 Å². The van der Waals surface area contributed by atoms with E-state index in [1.807, 2.05) is 6.07 Å². The molecular weight excluding hydrogens is 352 g/mol. The minimum Gasteiger partial charge on any atom is -0.484 e. The predicted molar refractivity (Wildman–Crippen MR) is 97.6 cm³/mol. The molecule has 1 amide bonds. The number of hydrogen-bond acceptors (Lipinski definition) is 6. The van der Waals surface area contributed by atoms with Crippen LogP contribution in [0.25, 0.3) is 0 Å². The summed E-state index contributed by atoms with van der Waals surface area (Å²) in [6.07, 6.45) is 2.77. The molecule has 1 heterocycles. The number of ether oxygens (including phenoxy) is 2. The maximum Gasteiger partial charge on any atom is 0.341 e. The molecule has 6 nitrogen and oxygen atoms in total. The molecular formula is C19H18N2O4S. The van der Waals surface area contributed by atoms with Crippen LogP contribution in [-0.4, -0.2) is 25.1 Å². The van der Waals surface area contributed by atoms with Gasteiger partial charge in [0.15, 0.2) is 6.61 Å². The van der Waals surface area contributed by atoms with Crippen LogP contribution < -0.4 is 10.1 Å². The Bertz CT molecular complexity index is 865. The first-order valence-electron chi connectivity index (χ1n) is 8.36. The highest BCUT2D eigenvalue weighted by molar-refractivity contribution is 7.17. The molecule has 1 N–H and O–H groups in total. The van der Waals surface area contributed by atoms with Crippen molar-refractivity contribution in [3.05, 3.63) is 45.8 Å². The van der Waals surface area contributed by atoms with E-state index >= 15 is 0 Å². The van der Waals surface area contributed by atoms with Crippen molar-refractivity contribution in [2.45, 2.75) is 26.2 Å². The highest BCUT2D eigenvalue weighted by Crippen LogP contribution is 2.39. The zero-order valence-corrected chi connectivity index (χ0v) is 15.1. The molecule has 0 unspecified atom stereocenters. The summed E-state index contributed by atoms with van der Waals surface area (Å²) in [7, 11) is 0. The van der Waals surface area contributed by atoms with Gasteiger partial charge in [-0.05, 0) is 56.0 Å².